The quantitative estimate of drug-likeness (QED) is 0.140. The first-order valence-electron chi connectivity index (χ1n) is 16.8. The molecule has 6 heteroatoms. The molecule has 236 valence electrons. The lowest BCUT2D eigenvalue weighted by molar-refractivity contribution is -0.0893. The molecule has 0 amide bonds. The summed E-state index contributed by atoms with van der Waals surface area (Å²) < 4.78 is 12.4. The zero-order valence-electron chi connectivity index (χ0n) is 28.9. The molecule has 2 aromatic carbocycles. The Labute approximate surface area is 264 Å². The molecule has 0 fully saturated rings. The molecule has 0 heterocycles. The van der Waals surface area contributed by atoms with Crippen molar-refractivity contribution in [2.75, 3.05) is 0 Å². The van der Waals surface area contributed by atoms with Crippen molar-refractivity contribution >= 4 is 25.9 Å². The van der Waals surface area contributed by atoms with Crippen molar-refractivity contribution in [3.63, 3.8) is 0 Å². The van der Waals surface area contributed by atoms with E-state index in [2.05, 4.69) is 50.2 Å². The molecule has 0 aliphatic heterocycles. The van der Waals surface area contributed by atoms with E-state index in [1.54, 1.807) is 27.7 Å². The van der Waals surface area contributed by atoms with E-state index in [4.69, 9.17) is 9.31 Å². The molecule has 2 N–H and O–H groups in total. The largest absolute Gasteiger partial charge is 0.427 e. The van der Waals surface area contributed by atoms with Gasteiger partial charge in [0.15, 0.2) is 0 Å². The van der Waals surface area contributed by atoms with Crippen molar-refractivity contribution < 1.29 is 19.5 Å². The molecule has 0 bridgehead atoms. The highest BCUT2D eigenvalue weighted by atomic mass is 16.5. The van der Waals surface area contributed by atoms with Gasteiger partial charge in [0.25, 0.3) is 0 Å². The number of aliphatic hydroxyl groups is 2. The first-order valence-corrected chi connectivity index (χ1v) is 16.8. The summed E-state index contributed by atoms with van der Waals surface area (Å²) in [6.45, 7) is 19.4. The van der Waals surface area contributed by atoms with Crippen LogP contribution in [0.5, 0.6) is 0 Å². The molecule has 4 nitrogen and oxygen atoms in total. The average Bonchev–Trinajstić information content (AvgIpc) is 3.18. The Morgan fingerprint density at radius 1 is 0.581 bits per heavy atom. The van der Waals surface area contributed by atoms with Gasteiger partial charge < -0.3 is 19.5 Å². The van der Waals surface area contributed by atoms with Gasteiger partial charge in [-0.1, -0.05) is 113 Å². The molecular formula is C37H58B2O4. The van der Waals surface area contributed by atoms with Crippen LogP contribution in [-0.2, 0) is 14.7 Å². The van der Waals surface area contributed by atoms with Crippen LogP contribution in [0.2, 0.25) is 0 Å². The van der Waals surface area contributed by atoms with E-state index >= 15 is 0 Å². The van der Waals surface area contributed by atoms with E-state index in [-0.39, 0.29) is 5.41 Å². The highest BCUT2D eigenvalue weighted by Crippen LogP contribution is 2.53. The van der Waals surface area contributed by atoms with E-state index in [0.29, 0.717) is 0 Å². The Morgan fingerprint density at radius 2 is 0.953 bits per heavy atom. The third kappa shape index (κ3) is 8.37. The Morgan fingerprint density at radius 3 is 1.28 bits per heavy atom. The normalized spacial score (nSPS) is 14.9. The monoisotopic (exact) mass is 588 g/mol. The smallest absolute Gasteiger partial charge is 0.330 e. The van der Waals surface area contributed by atoms with Crippen molar-refractivity contribution in [3.8, 4) is 11.1 Å². The molecule has 1 aliphatic rings. The van der Waals surface area contributed by atoms with Gasteiger partial charge in [-0.3, -0.25) is 0 Å². The van der Waals surface area contributed by atoms with Gasteiger partial charge in [0.2, 0.25) is 0 Å². The van der Waals surface area contributed by atoms with Crippen LogP contribution < -0.4 is 10.9 Å². The molecule has 2 aromatic rings. The maximum Gasteiger partial charge on any atom is 0.330 e. The van der Waals surface area contributed by atoms with Crippen LogP contribution in [0.15, 0.2) is 36.4 Å². The number of hydrogen-bond acceptors (Lipinski definition) is 4. The second kappa shape index (κ2) is 14.2. The third-order valence-corrected chi connectivity index (χ3v) is 10.2. The molecule has 43 heavy (non-hydrogen) atoms. The Kier molecular flexibility index (Phi) is 11.9. The average molecular weight is 588 g/mol. The summed E-state index contributed by atoms with van der Waals surface area (Å²) in [6, 6.07) is 13.5. The number of fused-ring (bicyclic) bond motifs is 3. The maximum absolute atomic E-state index is 10.7. The fourth-order valence-electron chi connectivity index (χ4n) is 5.77. The zero-order valence-corrected chi connectivity index (χ0v) is 28.9. The summed E-state index contributed by atoms with van der Waals surface area (Å²) in [7, 11) is 3.65. The molecule has 3 rings (SSSR count). The third-order valence-electron chi connectivity index (χ3n) is 10.2. The number of benzene rings is 2. The summed E-state index contributed by atoms with van der Waals surface area (Å²) >= 11 is 0. The molecule has 0 unspecified atom stereocenters. The lowest BCUT2D eigenvalue weighted by Crippen LogP contribution is -2.49. The van der Waals surface area contributed by atoms with Crippen molar-refractivity contribution in [1.82, 2.24) is 0 Å². The minimum absolute atomic E-state index is 0.0859. The van der Waals surface area contributed by atoms with Gasteiger partial charge in [0.05, 0.1) is 22.4 Å². The summed E-state index contributed by atoms with van der Waals surface area (Å²) in [6.07, 6.45) is 12.0. The van der Waals surface area contributed by atoms with E-state index in [1.165, 1.54) is 73.6 Å². The van der Waals surface area contributed by atoms with Crippen molar-refractivity contribution in [2.24, 2.45) is 0 Å². The fraction of sp³-hybridized carbons (Fsp3) is 0.676. The second-order valence-corrected chi connectivity index (χ2v) is 14.9. The second-order valence-electron chi connectivity index (χ2n) is 14.9. The summed E-state index contributed by atoms with van der Waals surface area (Å²) in [5, 5.41) is 21.3. The van der Waals surface area contributed by atoms with Gasteiger partial charge >= 0.3 is 15.0 Å². The van der Waals surface area contributed by atoms with Crippen LogP contribution in [0.3, 0.4) is 0 Å². The van der Waals surface area contributed by atoms with Gasteiger partial charge in [-0.05, 0) is 90.5 Å². The van der Waals surface area contributed by atoms with Gasteiger partial charge in [-0.25, -0.2) is 0 Å². The van der Waals surface area contributed by atoms with Crippen molar-refractivity contribution in [1.29, 1.82) is 0 Å². The molecule has 0 aromatic heterocycles. The first-order chi connectivity index (χ1) is 20.0. The number of unbranched alkanes of at least 4 members (excludes halogenated alkanes) is 6. The van der Waals surface area contributed by atoms with Crippen LogP contribution in [-0.4, -0.2) is 47.6 Å². The highest BCUT2D eigenvalue weighted by molar-refractivity contribution is 6.47. The van der Waals surface area contributed by atoms with Gasteiger partial charge in [0.1, 0.15) is 0 Å². The van der Waals surface area contributed by atoms with Crippen LogP contribution >= 0.6 is 0 Å². The van der Waals surface area contributed by atoms with E-state index < -0.39 is 22.4 Å². The minimum atomic E-state index is -0.979. The molecule has 0 spiro atoms. The molecule has 0 saturated heterocycles. The topological polar surface area (TPSA) is 58.9 Å². The lowest BCUT2D eigenvalue weighted by atomic mass is 9.68. The van der Waals surface area contributed by atoms with E-state index in [1.807, 2.05) is 42.7 Å². The van der Waals surface area contributed by atoms with E-state index in [0.717, 1.165) is 23.8 Å². The van der Waals surface area contributed by atoms with Crippen LogP contribution in [0, 0.1) is 0 Å². The predicted molar refractivity (Wildman–Crippen MR) is 184 cm³/mol. The number of rotatable bonds is 18. The van der Waals surface area contributed by atoms with Crippen molar-refractivity contribution in [2.45, 2.75) is 161 Å². The Bertz CT molecular complexity index is 1100. The first kappa shape index (κ1) is 35.9. The summed E-state index contributed by atoms with van der Waals surface area (Å²) in [5.74, 6) is 0. The van der Waals surface area contributed by atoms with Crippen molar-refractivity contribution in [3.05, 3.63) is 47.5 Å². The molecule has 1 aliphatic carbocycles. The predicted octanol–water partition coefficient (Wildman–Crippen LogP) is 7.52. The SMILES string of the molecule is CCCCCCC1(CCCCCC)c2cc([B]OC(C)(C)C(C)(C)O)ccc2-c2ccc([B]OC(C)(C)C(C)(C)O)cc21. The van der Waals surface area contributed by atoms with Gasteiger partial charge in [-0.15, -0.1) is 0 Å². The standard InChI is InChI=1S/C37H58B2O4/c1-11-13-15-17-23-37(24-18-16-14-12-2)31-25-27(38-42-35(7,8)33(3,4)40)19-21-29(31)30-22-20-28(26-32(30)37)39-43-36(9,10)34(5,6)41/h19-22,25-26,40-41H,11-18,23-24H2,1-10H3. The molecule has 0 saturated carbocycles. The Balaban J connectivity index is 2.06. The minimum Gasteiger partial charge on any atom is -0.427 e. The van der Waals surface area contributed by atoms with Crippen LogP contribution in [0.1, 0.15) is 145 Å². The van der Waals surface area contributed by atoms with Crippen LogP contribution in [0.25, 0.3) is 11.1 Å². The maximum atomic E-state index is 10.7. The fourth-order valence-corrected chi connectivity index (χ4v) is 5.77. The van der Waals surface area contributed by atoms with E-state index in [9.17, 15) is 10.2 Å². The van der Waals surface area contributed by atoms with Gasteiger partial charge in [0, 0.05) is 5.41 Å². The molecule has 0 atom stereocenters. The van der Waals surface area contributed by atoms with Crippen LogP contribution in [0.4, 0.5) is 0 Å². The molecule has 2 radical (unpaired) electrons. The highest BCUT2D eigenvalue weighted by Gasteiger charge is 2.43. The Hall–Kier alpha value is -1.59. The lowest BCUT2D eigenvalue weighted by Gasteiger charge is -2.38. The zero-order chi connectivity index (χ0) is 32.1. The van der Waals surface area contributed by atoms with Gasteiger partial charge in [-0.2, -0.15) is 0 Å². The summed E-state index contributed by atoms with van der Waals surface area (Å²) in [5.41, 5.74) is 3.95. The summed E-state index contributed by atoms with van der Waals surface area (Å²) in [4.78, 5) is 0. The number of hydrogen-bond donors (Lipinski definition) is 2. The molecular weight excluding hydrogens is 530 g/mol.